The van der Waals surface area contributed by atoms with Gasteiger partial charge in [-0.3, -0.25) is 4.79 Å². The van der Waals surface area contributed by atoms with Crippen molar-refractivity contribution in [1.82, 2.24) is 0 Å². The topological polar surface area (TPSA) is 61.8 Å². The van der Waals surface area contributed by atoms with Crippen LogP contribution in [0.2, 0.25) is 0 Å². The van der Waals surface area contributed by atoms with Crippen molar-refractivity contribution < 1.29 is 28.2 Å². The summed E-state index contributed by atoms with van der Waals surface area (Å²) in [6.45, 7) is 4.23. The van der Waals surface area contributed by atoms with Crippen LogP contribution in [-0.4, -0.2) is 18.4 Å². The van der Waals surface area contributed by atoms with Gasteiger partial charge in [0.2, 0.25) is 5.78 Å². The van der Waals surface area contributed by atoms with Crippen LogP contribution in [0.4, 0.5) is 4.39 Å². The van der Waals surface area contributed by atoms with E-state index in [4.69, 9.17) is 14.2 Å². The van der Waals surface area contributed by atoms with E-state index in [1.54, 1.807) is 19.1 Å². The Bertz CT molecular complexity index is 1180. The molecule has 1 aliphatic heterocycles. The summed E-state index contributed by atoms with van der Waals surface area (Å²) in [5.41, 5.74) is 2.06. The lowest BCUT2D eigenvalue weighted by molar-refractivity contribution is 0.0734. The third-order valence-corrected chi connectivity index (χ3v) is 4.72. The van der Waals surface area contributed by atoms with Crippen LogP contribution in [0.1, 0.15) is 38.8 Å². The lowest BCUT2D eigenvalue weighted by Gasteiger charge is -2.08. The number of halogens is 1. The summed E-state index contributed by atoms with van der Waals surface area (Å²) >= 11 is 0. The third-order valence-electron chi connectivity index (χ3n) is 4.72. The Morgan fingerprint density at radius 3 is 2.42 bits per heavy atom. The van der Waals surface area contributed by atoms with Crippen molar-refractivity contribution in [2.75, 3.05) is 6.61 Å². The Morgan fingerprint density at radius 2 is 1.74 bits per heavy atom. The highest BCUT2D eigenvalue weighted by Gasteiger charge is 2.30. The summed E-state index contributed by atoms with van der Waals surface area (Å²) in [5.74, 6) is 0.180. The second-order valence-electron chi connectivity index (χ2n) is 6.95. The number of esters is 1. The SMILES string of the molecule is CCOc1ccc(/C=C2\Oc3cc(OC(=O)c4ccc(F)cc4)cc(C)c3C2=O)cc1. The number of carbonyl (C=O) groups excluding carboxylic acids is 2. The molecule has 156 valence electrons. The van der Waals surface area contributed by atoms with E-state index in [0.29, 0.717) is 23.5 Å². The molecule has 5 nitrogen and oxygen atoms in total. The molecule has 0 radical (unpaired) electrons. The Labute approximate surface area is 178 Å². The van der Waals surface area contributed by atoms with Crippen LogP contribution in [-0.2, 0) is 0 Å². The third kappa shape index (κ3) is 4.33. The van der Waals surface area contributed by atoms with E-state index in [1.165, 1.54) is 30.3 Å². The second kappa shape index (κ2) is 8.44. The first-order valence-corrected chi connectivity index (χ1v) is 9.74. The van der Waals surface area contributed by atoms with Gasteiger partial charge in [-0.1, -0.05) is 12.1 Å². The van der Waals surface area contributed by atoms with Crippen molar-refractivity contribution in [3.63, 3.8) is 0 Å². The fourth-order valence-corrected chi connectivity index (χ4v) is 3.27. The number of rotatable bonds is 5. The molecule has 0 aliphatic carbocycles. The van der Waals surface area contributed by atoms with Gasteiger partial charge in [-0.25, -0.2) is 9.18 Å². The lowest BCUT2D eigenvalue weighted by Crippen LogP contribution is -2.08. The molecule has 0 fully saturated rings. The van der Waals surface area contributed by atoms with E-state index < -0.39 is 11.8 Å². The van der Waals surface area contributed by atoms with E-state index >= 15 is 0 Å². The van der Waals surface area contributed by atoms with Crippen molar-refractivity contribution in [2.45, 2.75) is 13.8 Å². The number of carbonyl (C=O) groups is 2. The van der Waals surface area contributed by atoms with Gasteiger partial charge in [0.05, 0.1) is 17.7 Å². The first-order valence-electron chi connectivity index (χ1n) is 9.74. The minimum Gasteiger partial charge on any atom is -0.494 e. The smallest absolute Gasteiger partial charge is 0.343 e. The number of fused-ring (bicyclic) bond motifs is 1. The van der Waals surface area contributed by atoms with Gasteiger partial charge in [0.25, 0.3) is 0 Å². The van der Waals surface area contributed by atoms with Gasteiger partial charge in [-0.05, 0) is 73.5 Å². The van der Waals surface area contributed by atoms with Gasteiger partial charge >= 0.3 is 5.97 Å². The maximum atomic E-state index is 13.1. The number of allylic oxidation sites excluding steroid dienone is 1. The zero-order valence-corrected chi connectivity index (χ0v) is 17.0. The average molecular weight is 418 g/mol. The number of ketones is 1. The molecule has 0 saturated carbocycles. The Morgan fingerprint density at radius 1 is 1.03 bits per heavy atom. The molecule has 0 saturated heterocycles. The van der Waals surface area contributed by atoms with Gasteiger partial charge in [0.1, 0.15) is 23.1 Å². The summed E-state index contributed by atoms with van der Waals surface area (Å²) < 4.78 is 29.6. The minimum atomic E-state index is -0.631. The number of hydrogen-bond acceptors (Lipinski definition) is 5. The molecule has 0 aromatic heterocycles. The summed E-state index contributed by atoms with van der Waals surface area (Å²) in [6, 6.07) is 15.5. The molecule has 3 aromatic carbocycles. The first-order chi connectivity index (χ1) is 14.9. The van der Waals surface area contributed by atoms with Crippen LogP contribution in [0.5, 0.6) is 17.2 Å². The van der Waals surface area contributed by atoms with E-state index in [0.717, 1.165) is 11.3 Å². The molecule has 0 amide bonds. The Hall–Kier alpha value is -3.93. The van der Waals surface area contributed by atoms with E-state index in [2.05, 4.69) is 0 Å². The molecule has 0 unspecified atom stereocenters. The van der Waals surface area contributed by atoms with Crippen LogP contribution in [0, 0.1) is 12.7 Å². The predicted molar refractivity (Wildman–Crippen MR) is 113 cm³/mol. The Balaban J connectivity index is 1.55. The quantitative estimate of drug-likeness (QED) is 0.317. The molecule has 3 aromatic rings. The van der Waals surface area contributed by atoms with Gasteiger partial charge < -0.3 is 14.2 Å². The van der Waals surface area contributed by atoms with Gasteiger partial charge in [0, 0.05) is 6.07 Å². The number of Topliss-reactive ketones (excluding diaryl/α,β-unsaturated/α-hetero) is 1. The molecular formula is C25H19FO5. The number of benzene rings is 3. The molecule has 1 heterocycles. The van der Waals surface area contributed by atoms with Crippen LogP contribution >= 0.6 is 0 Å². The van der Waals surface area contributed by atoms with E-state index in [9.17, 15) is 14.0 Å². The largest absolute Gasteiger partial charge is 0.494 e. The molecule has 0 spiro atoms. The fourth-order valence-electron chi connectivity index (χ4n) is 3.27. The van der Waals surface area contributed by atoms with Gasteiger partial charge in [-0.2, -0.15) is 0 Å². The molecule has 4 rings (SSSR count). The van der Waals surface area contributed by atoms with Gasteiger partial charge in [-0.15, -0.1) is 0 Å². The van der Waals surface area contributed by atoms with Crippen molar-refractivity contribution in [1.29, 1.82) is 0 Å². The molecule has 0 N–H and O–H groups in total. The molecule has 31 heavy (non-hydrogen) atoms. The normalized spacial score (nSPS) is 13.6. The summed E-state index contributed by atoms with van der Waals surface area (Å²) in [6.07, 6.45) is 1.65. The highest BCUT2D eigenvalue weighted by Crippen LogP contribution is 2.37. The maximum absolute atomic E-state index is 13.1. The monoisotopic (exact) mass is 418 g/mol. The lowest BCUT2D eigenvalue weighted by atomic mass is 10.0. The summed E-state index contributed by atoms with van der Waals surface area (Å²) in [5, 5.41) is 0. The van der Waals surface area contributed by atoms with Crippen molar-refractivity contribution in [2.24, 2.45) is 0 Å². The summed E-state index contributed by atoms with van der Waals surface area (Å²) in [4.78, 5) is 25.1. The maximum Gasteiger partial charge on any atom is 0.343 e. The molecular weight excluding hydrogens is 399 g/mol. The number of aryl methyl sites for hydroxylation is 1. The molecule has 0 bridgehead atoms. The first kappa shape index (κ1) is 20.3. The Kier molecular flexibility index (Phi) is 5.54. The highest BCUT2D eigenvalue weighted by atomic mass is 19.1. The molecule has 1 aliphatic rings. The van der Waals surface area contributed by atoms with Crippen LogP contribution < -0.4 is 14.2 Å². The zero-order valence-electron chi connectivity index (χ0n) is 17.0. The van der Waals surface area contributed by atoms with Crippen LogP contribution in [0.25, 0.3) is 6.08 Å². The van der Waals surface area contributed by atoms with Gasteiger partial charge in [0.15, 0.2) is 5.76 Å². The number of hydrogen-bond donors (Lipinski definition) is 0. The zero-order chi connectivity index (χ0) is 22.0. The predicted octanol–water partition coefficient (Wildman–Crippen LogP) is 5.37. The van der Waals surface area contributed by atoms with Crippen molar-refractivity contribution in [3.8, 4) is 17.2 Å². The van der Waals surface area contributed by atoms with Crippen molar-refractivity contribution >= 4 is 17.8 Å². The average Bonchev–Trinajstić information content (AvgIpc) is 3.05. The minimum absolute atomic E-state index is 0.185. The highest BCUT2D eigenvalue weighted by molar-refractivity contribution is 6.15. The van der Waals surface area contributed by atoms with E-state index in [1.807, 2.05) is 31.2 Å². The molecule has 6 heteroatoms. The number of ether oxygens (including phenoxy) is 3. The van der Waals surface area contributed by atoms with Crippen molar-refractivity contribution in [3.05, 3.63) is 94.5 Å². The van der Waals surface area contributed by atoms with Crippen LogP contribution in [0.3, 0.4) is 0 Å². The van der Waals surface area contributed by atoms with Crippen LogP contribution in [0.15, 0.2) is 66.4 Å². The second-order valence-corrected chi connectivity index (χ2v) is 6.95. The fraction of sp³-hybridized carbons (Fsp3) is 0.120. The standard InChI is InChI=1S/C25H19FO5/c1-3-29-19-10-4-16(5-11-19)13-22-24(27)23-15(2)12-20(14-21(23)31-22)30-25(28)17-6-8-18(26)9-7-17/h4-14H,3H2,1-2H3/b22-13-. The molecule has 0 atom stereocenters. The van der Waals surface area contributed by atoms with E-state index in [-0.39, 0.29) is 22.9 Å². The summed E-state index contributed by atoms with van der Waals surface area (Å²) in [7, 11) is 0.